The molecule has 1 aliphatic heterocycles. The molecule has 1 aliphatic carbocycles. The smallest absolute Gasteiger partial charge is 0.254 e. The Kier molecular flexibility index (Phi) is 5.73. The van der Waals surface area contributed by atoms with Crippen LogP contribution in [0.15, 0.2) is 54.7 Å². The third kappa shape index (κ3) is 4.57. The van der Waals surface area contributed by atoms with Crippen LogP contribution in [0.4, 0.5) is 0 Å². The molecule has 2 aromatic carbocycles. The second-order valence-electron chi connectivity index (χ2n) is 9.41. The summed E-state index contributed by atoms with van der Waals surface area (Å²) in [5.41, 5.74) is 4.28. The van der Waals surface area contributed by atoms with Crippen molar-refractivity contribution >= 4 is 22.7 Å². The van der Waals surface area contributed by atoms with E-state index in [1.54, 1.807) is 6.92 Å². The predicted molar refractivity (Wildman–Crippen MR) is 126 cm³/mol. The van der Waals surface area contributed by atoms with E-state index in [1.165, 1.54) is 11.1 Å². The first-order valence-corrected chi connectivity index (χ1v) is 11.8. The van der Waals surface area contributed by atoms with Crippen molar-refractivity contribution in [2.45, 2.75) is 51.6 Å². The summed E-state index contributed by atoms with van der Waals surface area (Å²) in [7, 11) is 0. The number of aromatic amines is 1. The van der Waals surface area contributed by atoms with Gasteiger partial charge >= 0.3 is 0 Å². The molecule has 2 aliphatic rings. The Hall–Kier alpha value is -3.08. The van der Waals surface area contributed by atoms with Crippen LogP contribution >= 0.6 is 0 Å². The minimum atomic E-state index is 0.116. The van der Waals surface area contributed by atoms with E-state index in [1.807, 2.05) is 40.3 Å². The largest absolute Gasteiger partial charge is 0.361 e. The first-order chi connectivity index (χ1) is 15.6. The van der Waals surface area contributed by atoms with E-state index in [0.29, 0.717) is 18.5 Å². The van der Waals surface area contributed by atoms with Crippen LogP contribution in [-0.4, -0.2) is 45.7 Å². The maximum atomic E-state index is 13.3. The molecular weight excluding hydrogens is 398 g/mol. The molecule has 5 rings (SSSR count). The Morgan fingerprint density at radius 1 is 0.969 bits per heavy atom. The number of rotatable bonds is 6. The van der Waals surface area contributed by atoms with Crippen molar-refractivity contribution in [3.8, 4) is 0 Å². The Bertz CT molecular complexity index is 1110. The Morgan fingerprint density at radius 3 is 2.38 bits per heavy atom. The van der Waals surface area contributed by atoms with Crippen molar-refractivity contribution in [1.82, 2.24) is 14.8 Å². The van der Waals surface area contributed by atoms with Gasteiger partial charge in [-0.15, -0.1) is 0 Å². The summed E-state index contributed by atoms with van der Waals surface area (Å²) < 4.78 is 0. The summed E-state index contributed by atoms with van der Waals surface area (Å²) in [5.74, 6) is 0.949. The Balaban J connectivity index is 1.22. The molecule has 1 aromatic heterocycles. The lowest BCUT2D eigenvalue weighted by atomic mass is 9.90. The lowest BCUT2D eigenvalue weighted by Gasteiger charge is -2.31. The van der Waals surface area contributed by atoms with Crippen LogP contribution in [0.5, 0.6) is 0 Å². The number of hydrogen-bond acceptors (Lipinski definition) is 2. The van der Waals surface area contributed by atoms with Gasteiger partial charge in [-0.1, -0.05) is 30.3 Å². The minimum Gasteiger partial charge on any atom is -0.361 e. The number of fused-ring (bicyclic) bond motifs is 1. The van der Waals surface area contributed by atoms with Gasteiger partial charge in [0.25, 0.3) is 5.91 Å². The second kappa shape index (κ2) is 8.81. The molecule has 3 aromatic rings. The molecule has 1 saturated heterocycles. The van der Waals surface area contributed by atoms with Crippen molar-refractivity contribution in [2.24, 2.45) is 5.92 Å². The summed E-state index contributed by atoms with van der Waals surface area (Å²) in [6.07, 6.45) is 7.31. The van der Waals surface area contributed by atoms with Crippen molar-refractivity contribution < 1.29 is 9.59 Å². The molecule has 2 amide bonds. The van der Waals surface area contributed by atoms with Gasteiger partial charge in [-0.05, 0) is 72.7 Å². The SMILES string of the molecule is CC(=O)N1CCC(Cc2ccc(CN(C(=O)c3ccc4cc[nH]c4c3)C3CC3)cc2)CC1. The zero-order chi connectivity index (χ0) is 22.1. The molecular formula is C27H31N3O2. The number of H-pyrrole nitrogens is 1. The quantitative estimate of drug-likeness (QED) is 0.613. The average molecular weight is 430 g/mol. The number of nitrogens with zero attached hydrogens (tertiary/aromatic N) is 2. The van der Waals surface area contributed by atoms with Crippen LogP contribution in [0.3, 0.4) is 0 Å². The van der Waals surface area contributed by atoms with Gasteiger partial charge in [0, 0.05) is 49.9 Å². The number of carbonyl (C=O) groups excluding carboxylic acids is 2. The van der Waals surface area contributed by atoms with Crippen molar-refractivity contribution in [1.29, 1.82) is 0 Å². The van der Waals surface area contributed by atoms with Gasteiger partial charge < -0.3 is 14.8 Å². The third-order valence-corrected chi connectivity index (χ3v) is 7.01. The topological polar surface area (TPSA) is 56.4 Å². The summed E-state index contributed by atoms with van der Waals surface area (Å²) in [5, 5.41) is 1.13. The van der Waals surface area contributed by atoms with Gasteiger partial charge in [0.15, 0.2) is 0 Å². The van der Waals surface area contributed by atoms with Crippen LogP contribution in [0.25, 0.3) is 10.9 Å². The van der Waals surface area contributed by atoms with Crippen molar-refractivity contribution in [3.63, 3.8) is 0 Å². The lowest BCUT2D eigenvalue weighted by molar-refractivity contribution is -0.130. The molecule has 2 fully saturated rings. The number of hydrogen-bond donors (Lipinski definition) is 1. The first-order valence-electron chi connectivity index (χ1n) is 11.8. The zero-order valence-corrected chi connectivity index (χ0v) is 18.7. The summed E-state index contributed by atoms with van der Waals surface area (Å²) in [4.78, 5) is 32.0. The summed E-state index contributed by atoms with van der Waals surface area (Å²) in [6.45, 7) is 4.08. The van der Waals surface area contributed by atoms with Gasteiger partial charge in [-0.2, -0.15) is 0 Å². The number of aromatic nitrogens is 1. The van der Waals surface area contributed by atoms with E-state index in [-0.39, 0.29) is 11.8 Å². The molecule has 0 atom stereocenters. The average Bonchev–Trinajstić information content (AvgIpc) is 3.54. The second-order valence-corrected chi connectivity index (χ2v) is 9.41. The lowest BCUT2D eigenvalue weighted by Crippen LogP contribution is -2.37. The third-order valence-electron chi connectivity index (χ3n) is 7.01. The maximum absolute atomic E-state index is 13.3. The van der Waals surface area contributed by atoms with Crippen molar-refractivity contribution in [2.75, 3.05) is 13.1 Å². The number of carbonyl (C=O) groups is 2. The van der Waals surface area contributed by atoms with Gasteiger partial charge in [-0.25, -0.2) is 0 Å². The van der Waals surface area contributed by atoms with E-state index >= 15 is 0 Å². The van der Waals surface area contributed by atoms with E-state index in [0.717, 1.165) is 61.7 Å². The Morgan fingerprint density at radius 2 is 1.69 bits per heavy atom. The van der Waals surface area contributed by atoms with Crippen molar-refractivity contribution in [3.05, 3.63) is 71.4 Å². The van der Waals surface area contributed by atoms with Crippen LogP contribution in [0.1, 0.15) is 54.1 Å². The predicted octanol–water partition coefficient (Wildman–Crippen LogP) is 4.77. The van der Waals surface area contributed by atoms with Crippen LogP contribution < -0.4 is 0 Å². The van der Waals surface area contributed by atoms with Gasteiger partial charge in [0.2, 0.25) is 5.91 Å². The van der Waals surface area contributed by atoms with E-state index < -0.39 is 0 Å². The van der Waals surface area contributed by atoms with Gasteiger partial charge in [-0.3, -0.25) is 9.59 Å². The summed E-state index contributed by atoms with van der Waals surface area (Å²) in [6, 6.07) is 17.1. The molecule has 0 radical (unpaired) electrons. The van der Waals surface area contributed by atoms with Crippen LogP contribution in [0.2, 0.25) is 0 Å². The fourth-order valence-electron chi connectivity index (χ4n) is 4.86. The fourth-order valence-corrected chi connectivity index (χ4v) is 4.86. The molecule has 32 heavy (non-hydrogen) atoms. The zero-order valence-electron chi connectivity index (χ0n) is 18.7. The molecule has 0 unspecified atom stereocenters. The highest BCUT2D eigenvalue weighted by molar-refractivity contribution is 5.98. The number of likely N-dealkylation sites (tertiary alicyclic amines) is 1. The fraction of sp³-hybridized carbons (Fsp3) is 0.407. The highest BCUT2D eigenvalue weighted by Gasteiger charge is 2.33. The van der Waals surface area contributed by atoms with Gasteiger partial charge in [0.1, 0.15) is 0 Å². The number of piperidine rings is 1. The van der Waals surface area contributed by atoms with Crippen LogP contribution in [0, 0.1) is 5.92 Å². The number of amides is 2. The standard InChI is InChI=1S/C27H31N3O2/c1-19(31)29-14-11-21(12-15-29)16-20-2-4-22(5-3-20)18-30(25-8-9-25)27(32)24-7-6-23-10-13-28-26(23)17-24/h2-7,10,13,17,21,25,28H,8-9,11-12,14-16,18H2,1H3. The molecule has 166 valence electrons. The molecule has 1 saturated carbocycles. The van der Waals surface area contributed by atoms with E-state index in [4.69, 9.17) is 0 Å². The highest BCUT2D eigenvalue weighted by Crippen LogP contribution is 2.31. The molecule has 5 heteroatoms. The van der Waals surface area contributed by atoms with Gasteiger partial charge in [0.05, 0.1) is 0 Å². The molecule has 0 bridgehead atoms. The molecule has 1 N–H and O–H groups in total. The number of nitrogens with one attached hydrogen (secondary N) is 1. The molecule has 5 nitrogen and oxygen atoms in total. The Labute approximate surface area is 189 Å². The van der Waals surface area contributed by atoms with E-state index in [2.05, 4.69) is 29.2 Å². The van der Waals surface area contributed by atoms with Crippen LogP contribution in [-0.2, 0) is 17.8 Å². The monoisotopic (exact) mass is 429 g/mol. The molecule has 0 spiro atoms. The minimum absolute atomic E-state index is 0.116. The maximum Gasteiger partial charge on any atom is 0.254 e. The normalized spacial score (nSPS) is 17.0. The first kappa shape index (κ1) is 20.8. The molecule has 2 heterocycles. The van der Waals surface area contributed by atoms with E-state index in [9.17, 15) is 9.59 Å². The summed E-state index contributed by atoms with van der Waals surface area (Å²) >= 11 is 0. The highest BCUT2D eigenvalue weighted by atomic mass is 16.2. The number of benzene rings is 2.